The molecule has 1 spiro atoms. The minimum Gasteiger partial charge on any atom is -0.444 e. The SMILES string of the molecule is CC(C)(C)OC(=O)N1CCC2(CC1)COB(O)C2. The van der Waals surface area contributed by atoms with Crippen molar-refractivity contribution in [2.75, 3.05) is 19.7 Å². The second-order valence-electron chi connectivity index (χ2n) is 6.44. The fourth-order valence-corrected chi connectivity index (χ4v) is 2.60. The number of rotatable bonds is 0. The number of hydrogen-bond acceptors (Lipinski definition) is 4. The third-order valence-corrected chi connectivity index (χ3v) is 3.67. The van der Waals surface area contributed by atoms with Gasteiger partial charge in [-0.05, 0) is 45.3 Å². The van der Waals surface area contributed by atoms with Crippen molar-refractivity contribution in [1.29, 1.82) is 0 Å². The van der Waals surface area contributed by atoms with Gasteiger partial charge in [-0.2, -0.15) is 0 Å². The van der Waals surface area contributed by atoms with Gasteiger partial charge in [0.2, 0.25) is 0 Å². The summed E-state index contributed by atoms with van der Waals surface area (Å²) in [6, 6.07) is 0. The van der Waals surface area contributed by atoms with E-state index in [1.807, 2.05) is 20.8 Å². The fourth-order valence-electron chi connectivity index (χ4n) is 2.60. The van der Waals surface area contributed by atoms with Crippen molar-refractivity contribution in [3.63, 3.8) is 0 Å². The van der Waals surface area contributed by atoms with E-state index < -0.39 is 12.7 Å². The molecule has 0 aliphatic carbocycles. The standard InChI is InChI=1S/C12H22BNO4/c1-11(2,3)18-10(15)14-6-4-12(5-7-14)8-13(16)17-9-12/h16H,4-9H2,1-3H3. The number of piperidine rings is 1. The maximum absolute atomic E-state index is 11.9. The molecule has 6 heteroatoms. The van der Waals surface area contributed by atoms with E-state index in [2.05, 4.69) is 0 Å². The van der Waals surface area contributed by atoms with Crippen molar-refractivity contribution >= 4 is 13.2 Å². The number of carbonyl (C=O) groups is 1. The summed E-state index contributed by atoms with van der Waals surface area (Å²) in [6.45, 7) is 7.60. The van der Waals surface area contributed by atoms with Gasteiger partial charge >= 0.3 is 13.2 Å². The van der Waals surface area contributed by atoms with E-state index >= 15 is 0 Å². The molecule has 1 N–H and O–H groups in total. The van der Waals surface area contributed by atoms with Gasteiger partial charge in [-0.15, -0.1) is 0 Å². The molecule has 2 rings (SSSR count). The molecule has 0 aromatic carbocycles. The molecule has 0 unspecified atom stereocenters. The molecule has 0 aromatic heterocycles. The van der Waals surface area contributed by atoms with Crippen LogP contribution < -0.4 is 0 Å². The Morgan fingerprint density at radius 2 is 2.00 bits per heavy atom. The van der Waals surface area contributed by atoms with E-state index in [1.165, 1.54) is 0 Å². The Hall–Kier alpha value is -0.745. The van der Waals surface area contributed by atoms with Gasteiger partial charge in [-0.3, -0.25) is 0 Å². The lowest BCUT2D eigenvalue weighted by Gasteiger charge is -2.38. The molecule has 1 amide bonds. The predicted octanol–water partition coefficient (Wildman–Crippen LogP) is 1.51. The molecule has 102 valence electrons. The Balaban J connectivity index is 1.85. The molecule has 2 fully saturated rings. The Morgan fingerprint density at radius 3 is 2.44 bits per heavy atom. The molecule has 0 radical (unpaired) electrons. The van der Waals surface area contributed by atoms with Crippen LogP contribution in [0.1, 0.15) is 33.6 Å². The van der Waals surface area contributed by atoms with Crippen LogP contribution in [0.5, 0.6) is 0 Å². The number of hydrogen-bond donors (Lipinski definition) is 1. The van der Waals surface area contributed by atoms with Crippen LogP contribution in [-0.4, -0.2) is 48.4 Å². The summed E-state index contributed by atoms with van der Waals surface area (Å²) in [5.74, 6) is 0. The van der Waals surface area contributed by atoms with Gasteiger partial charge in [0.15, 0.2) is 0 Å². The quantitative estimate of drug-likeness (QED) is 0.666. The van der Waals surface area contributed by atoms with Crippen LogP contribution in [0.25, 0.3) is 0 Å². The van der Waals surface area contributed by atoms with E-state index in [9.17, 15) is 9.82 Å². The maximum Gasteiger partial charge on any atom is 0.454 e. The minimum atomic E-state index is -0.627. The van der Waals surface area contributed by atoms with E-state index in [4.69, 9.17) is 9.39 Å². The highest BCUT2D eigenvalue weighted by Crippen LogP contribution is 2.41. The normalized spacial score (nSPS) is 23.6. The topological polar surface area (TPSA) is 59.0 Å². The fraction of sp³-hybridized carbons (Fsp3) is 0.917. The van der Waals surface area contributed by atoms with Gasteiger partial charge in [0.05, 0.1) is 0 Å². The van der Waals surface area contributed by atoms with Gasteiger partial charge < -0.3 is 19.3 Å². The zero-order valence-corrected chi connectivity index (χ0v) is 11.4. The Morgan fingerprint density at radius 1 is 1.39 bits per heavy atom. The smallest absolute Gasteiger partial charge is 0.444 e. The Bertz CT molecular complexity index is 321. The Labute approximate surface area is 109 Å². The molecule has 2 saturated heterocycles. The lowest BCUT2D eigenvalue weighted by Crippen LogP contribution is -2.45. The van der Waals surface area contributed by atoms with Crippen molar-refractivity contribution in [1.82, 2.24) is 4.90 Å². The molecule has 0 saturated carbocycles. The first-order valence-corrected chi connectivity index (χ1v) is 6.57. The minimum absolute atomic E-state index is 0.0674. The lowest BCUT2D eigenvalue weighted by molar-refractivity contribution is 0.00972. The third kappa shape index (κ3) is 3.17. The van der Waals surface area contributed by atoms with Gasteiger partial charge in [0.1, 0.15) is 5.60 Å². The summed E-state index contributed by atoms with van der Waals surface area (Å²) in [5.41, 5.74) is -0.378. The number of likely N-dealkylation sites (tertiary alicyclic amines) is 1. The molecule has 2 heterocycles. The van der Waals surface area contributed by atoms with Crippen LogP contribution >= 0.6 is 0 Å². The molecule has 0 aromatic rings. The van der Waals surface area contributed by atoms with Crippen molar-refractivity contribution in [3.8, 4) is 0 Å². The molecule has 5 nitrogen and oxygen atoms in total. The maximum atomic E-state index is 11.9. The average molecular weight is 255 g/mol. The second-order valence-corrected chi connectivity index (χ2v) is 6.44. The average Bonchev–Trinajstić information content (AvgIpc) is 2.58. The van der Waals surface area contributed by atoms with E-state index in [-0.39, 0.29) is 11.5 Å². The van der Waals surface area contributed by atoms with Crippen molar-refractivity contribution in [2.24, 2.45) is 5.41 Å². The van der Waals surface area contributed by atoms with Crippen molar-refractivity contribution in [3.05, 3.63) is 0 Å². The highest BCUT2D eigenvalue weighted by Gasteiger charge is 2.45. The van der Waals surface area contributed by atoms with E-state index in [0.29, 0.717) is 26.0 Å². The van der Waals surface area contributed by atoms with E-state index in [1.54, 1.807) is 4.90 Å². The number of carbonyl (C=O) groups excluding carboxylic acids is 1. The van der Waals surface area contributed by atoms with Crippen LogP contribution in [-0.2, 0) is 9.39 Å². The van der Waals surface area contributed by atoms with Gasteiger partial charge in [-0.25, -0.2) is 4.79 Å². The van der Waals surface area contributed by atoms with Crippen LogP contribution in [0.3, 0.4) is 0 Å². The highest BCUT2D eigenvalue weighted by molar-refractivity contribution is 6.43. The van der Waals surface area contributed by atoms with Crippen LogP contribution in [0.2, 0.25) is 6.32 Å². The van der Waals surface area contributed by atoms with Crippen molar-refractivity contribution in [2.45, 2.75) is 45.5 Å². The van der Waals surface area contributed by atoms with Crippen molar-refractivity contribution < 1.29 is 19.2 Å². The second kappa shape index (κ2) is 4.74. The van der Waals surface area contributed by atoms with Crippen LogP contribution in [0, 0.1) is 5.41 Å². The number of ether oxygens (including phenoxy) is 1. The molecule has 2 aliphatic heterocycles. The number of nitrogens with zero attached hydrogens (tertiary/aromatic N) is 1. The molecular formula is C12H22BNO4. The zero-order chi connectivity index (χ0) is 13.4. The predicted molar refractivity (Wildman–Crippen MR) is 68.2 cm³/mol. The van der Waals surface area contributed by atoms with E-state index in [0.717, 1.165) is 12.8 Å². The highest BCUT2D eigenvalue weighted by atomic mass is 16.6. The molecule has 18 heavy (non-hydrogen) atoms. The Kier molecular flexibility index (Phi) is 3.60. The zero-order valence-electron chi connectivity index (χ0n) is 11.4. The monoisotopic (exact) mass is 255 g/mol. The molecular weight excluding hydrogens is 233 g/mol. The van der Waals surface area contributed by atoms with Crippen LogP contribution in [0.4, 0.5) is 4.79 Å². The summed E-state index contributed by atoms with van der Waals surface area (Å²) in [5, 5.41) is 9.45. The summed E-state index contributed by atoms with van der Waals surface area (Å²) < 4.78 is 10.6. The molecule has 0 atom stereocenters. The van der Waals surface area contributed by atoms with Gasteiger partial charge in [-0.1, -0.05) is 0 Å². The summed E-state index contributed by atoms with van der Waals surface area (Å²) in [6.07, 6.45) is 2.21. The lowest BCUT2D eigenvalue weighted by atomic mass is 9.68. The molecule has 0 bridgehead atoms. The number of amides is 1. The first kappa shape index (κ1) is 13.7. The molecule has 2 aliphatic rings. The van der Waals surface area contributed by atoms with Gasteiger partial charge in [0, 0.05) is 19.7 Å². The van der Waals surface area contributed by atoms with Gasteiger partial charge in [0.25, 0.3) is 0 Å². The third-order valence-electron chi connectivity index (χ3n) is 3.67. The van der Waals surface area contributed by atoms with Crippen LogP contribution in [0.15, 0.2) is 0 Å². The first-order chi connectivity index (χ1) is 8.30. The summed E-state index contributed by atoms with van der Waals surface area (Å²) in [7, 11) is -0.627. The largest absolute Gasteiger partial charge is 0.454 e. The summed E-state index contributed by atoms with van der Waals surface area (Å²) >= 11 is 0. The summed E-state index contributed by atoms with van der Waals surface area (Å²) in [4.78, 5) is 13.7. The first-order valence-electron chi connectivity index (χ1n) is 6.57.